The molecule has 2 aliphatic rings. The van der Waals surface area contributed by atoms with Gasteiger partial charge in [0.25, 0.3) is 5.91 Å². The van der Waals surface area contributed by atoms with Crippen LogP contribution in [0.15, 0.2) is 57.9 Å². The third-order valence-corrected chi connectivity index (χ3v) is 8.80. The number of carbonyl (C=O) groups excluding carboxylic acids is 3. The number of benzene rings is 2. The van der Waals surface area contributed by atoms with E-state index in [-0.39, 0.29) is 28.6 Å². The van der Waals surface area contributed by atoms with Crippen molar-refractivity contribution >= 4 is 49.4 Å². The highest BCUT2D eigenvalue weighted by Gasteiger charge is 2.49. The Bertz CT molecular complexity index is 1190. The summed E-state index contributed by atoms with van der Waals surface area (Å²) in [5.41, 5.74) is 0.568. The minimum Gasteiger partial charge on any atom is -0.465 e. The highest BCUT2D eigenvalue weighted by atomic mass is 79.9. The molecule has 0 radical (unpaired) electrons. The quantitative estimate of drug-likeness (QED) is 0.401. The van der Waals surface area contributed by atoms with Crippen LogP contribution in [0.4, 0.5) is 5.69 Å². The van der Waals surface area contributed by atoms with Crippen LogP contribution in [0.5, 0.6) is 0 Å². The van der Waals surface area contributed by atoms with Crippen molar-refractivity contribution in [3.8, 4) is 0 Å². The van der Waals surface area contributed by atoms with Crippen LogP contribution in [0, 0.1) is 0 Å². The van der Waals surface area contributed by atoms with Gasteiger partial charge in [-0.05, 0) is 61.4 Å². The minimum atomic E-state index is -4.03. The summed E-state index contributed by atoms with van der Waals surface area (Å²) < 4.78 is 34.2. The SMILES string of the molecule is COC(=O)c1ccc(N2C(=O)CC(N(C3CCCCC3)S(=O)(=O)c3ccc(Br)cc3)C2=O)cc1. The molecule has 1 saturated carbocycles. The number of halogens is 1. The Morgan fingerprint density at radius 3 is 2.21 bits per heavy atom. The van der Waals surface area contributed by atoms with E-state index in [2.05, 4.69) is 20.7 Å². The van der Waals surface area contributed by atoms with Crippen LogP contribution >= 0.6 is 15.9 Å². The molecule has 0 aromatic heterocycles. The van der Waals surface area contributed by atoms with Crippen molar-refractivity contribution in [1.29, 1.82) is 0 Å². The lowest BCUT2D eigenvalue weighted by Crippen LogP contribution is -2.51. The van der Waals surface area contributed by atoms with Crippen molar-refractivity contribution in [3.05, 3.63) is 58.6 Å². The van der Waals surface area contributed by atoms with Gasteiger partial charge in [0.2, 0.25) is 15.9 Å². The largest absolute Gasteiger partial charge is 0.465 e. The Labute approximate surface area is 207 Å². The first kappa shape index (κ1) is 24.6. The average molecular weight is 549 g/mol. The van der Waals surface area contributed by atoms with Crippen molar-refractivity contribution in [2.75, 3.05) is 12.0 Å². The minimum absolute atomic E-state index is 0.0856. The highest BCUT2D eigenvalue weighted by Crippen LogP contribution is 2.35. The maximum Gasteiger partial charge on any atom is 0.337 e. The topological polar surface area (TPSA) is 101 Å². The number of sulfonamides is 1. The van der Waals surface area contributed by atoms with Crippen molar-refractivity contribution in [2.24, 2.45) is 0 Å². The molecule has 1 unspecified atom stereocenters. The Kier molecular flexibility index (Phi) is 7.20. The smallest absolute Gasteiger partial charge is 0.337 e. The van der Waals surface area contributed by atoms with E-state index in [4.69, 9.17) is 0 Å². The predicted octanol–water partition coefficient (Wildman–Crippen LogP) is 3.89. The van der Waals surface area contributed by atoms with E-state index in [0.717, 1.165) is 28.6 Å². The Morgan fingerprint density at radius 2 is 1.62 bits per heavy atom. The normalized spacial score (nSPS) is 19.6. The first-order chi connectivity index (χ1) is 16.2. The molecule has 1 aliphatic heterocycles. The first-order valence-electron chi connectivity index (χ1n) is 11.1. The van der Waals surface area contributed by atoms with Crippen molar-refractivity contribution in [1.82, 2.24) is 4.31 Å². The number of imide groups is 1. The molecule has 0 spiro atoms. The fraction of sp³-hybridized carbons (Fsp3) is 0.375. The summed E-state index contributed by atoms with van der Waals surface area (Å²) >= 11 is 3.32. The van der Waals surface area contributed by atoms with E-state index in [1.54, 1.807) is 12.1 Å². The van der Waals surface area contributed by atoms with E-state index in [1.807, 2.05) is 0 Å². The van der Waals surface area contributed by atoms with Gasteiger partial charge in [-0.2, -0.15) is 4.31 Å². The van der Waals surface area contributed by atoms with Crippen LogP contribution in [0.25, 0.3) is 0 Å². The van der Waals surface area contributed by atoms with E-state index < -0.39 is 33.8 Å². The number of amides is 2. The maximum absolute atomic E-state index is 13.8. The number of nitrogens with zero attached hydrogens (tertiary/aromatic N) is 2. The van der Waals surface area contributed by atoms with Crippen LogP contribution < -0.4 is 4.90 Å². The number of hydrogen-bond donors (Lipinski definition) is 0. The van der Waals surface area contributed by atoms with Gasteiger partial charge in [-0.25, -0.2) is 18.1 Å². The van der Waals surface area contributed by atoms with Crippen LogP contribution in [0.3, 0.4) is 0 Å². The zero-order valence-corrected chi connectivity index (χ0v) is 21.0. The van der Waals surface area contributed by atoms with Crippen molar-refractivity contribution in [3.63, 3.8) is 0 Å². The lowest BCUT2D eigenvalue weighted by atomic mass is 9.94. The lowest BCUT2D eigenvalue weighted by molar-refractivity contribution is -0.122. The van der Waals surface area contributed by atoms with Gasteiger partial charge in [-0.15, -0.1) is 0 Å². The average Bonchev–Trinajstić information content (AvgIpc) is 3.12. The van der Waals surface area contributed by atoms with E-state index in [1.165, 1.54) is 47.8 Å². The van der Waals surface area contributed by atoms with Gasteiger partial charge in [0.05, 0.1) is 29.7 Å². The third-order valence-electron chi connectivity index (χ3n) is 6.30. The van der Waals surface area contributed by atoms with Gasteiger partial charge in [-0.3, -0.25) is 9.59 Å². The number of carbonyl (C=O) groups is 3. The molecule has 4 rings (SSSR count). The summed E-state index contributed by atoms with van der Waals surface area (Å²) in [4.78, 5) is 39.3. The van der Waals surface area contributed by atoms with Gasteiger partial charge < -0.3 is 4.74 Å². The fourth-order valence-corrected chi connectivity index (χ4v) is 6.72. The van der Waals surface area contributed by atoms with Gasteiger partial charge >= 0.3 is 5.97 Å². The second kappa shape index (κ2) is 9.97. The molecule has 2 fully saturated rings. The molecule has 10 heteroatoms. The monoisotopic (exact) mass is 548 g/mol. The second-order valence-corrected chi connectivity index (χ2v) is 11.2. The predicted molar refractivity (Wildman–Crippen MR) is 129 cm³/mol. The molecule has 2 amide bonds. The Hall–Kier alpha value is -2.56. The number of hydrogen-bond acceptors (Lipinski definition) is 6. The summed E-state index contributed by atoms with van der Waals surface area (Å²) in [5.74, 6) is -1.60. The first-order valence-corrected chi connectivity index (χ1v) is 13.3. The maximum atomic E-state index is 13.8. The van der Waals surface area contributed by atoms with Crippen molar-refractivity contribution < 1.29 is 27.5 Å². The highest BCUT2D eigenvalue weighted by molar-refractivity contribution is 9.10. The second-order valence-electron chi connectivity index (χ2n) is 8.41. The number of ether oxygens (including phenoxy) is 1. The summed E-state index contributed by atoms with van der Waals surface area (Å²) in [6.45, 7) is 0. The number of rotatable bonds is 6. The van der Waals surface area contributed by atoms with Crippen molar-refractivity contribution in [2.45, 2.75) is 55.5 Å². The molecule has 2 aromatic rings. The van der Waals surface area contributed by atoms with E-state index >= 15 is 0 Å². The number of anilines is 1. The molecule has 1 atom stereocenters. The molecular weight excluding hydrogens is 524 g/mol. The fourth-order valence-electron chi connectivity index (χ4n) is 4.63. The van der Waals surface area contributed by atoms with Gasteiger partial charge in [0.1, 0.15) is 6.04 Å². The standard InChI is InChI=1S/C24H25BrN2O6S/c1-33-24(30)16-7-11-18(12-8-16)26-22(28)15-21(23(26)29)27(19-5-3-2-4-6-19)34(31,32)20-13-9-17(25)10-14-20/h7-14,19,21H,2-6,15H2,1H3. The molecule has 1 saturated heterocycles. The van der Waals surface area contributed by atoms with Gasteiger partial charge in [0.15, 0.2) is 0 Å². The summed E-state index contributed by atoms with van der Waals surface area (Å²) in [5, 5.41) is 0. The van der Waals surface area contributed by atoms with Crippen LogP contribution in [0.1, 0.15) is 48.9 Å². The number of methoxy groups -OCH3 is 1. The molecule has 0 bridgehead atoms. The zero-order chi connectivity index (χ0) is 24.5. The van der Waals surface area contributed by atoms with E-state index in [0.29, 0.717) is 12.8 Å². The van der Waals surface area contributed by atoms with Crippen LogP contribution in [-0.4, -0.2) is 49.7 Å². The van der Waals surface area contributed by atoms with Crippen LogP contribution in [0.2, 0.25) is 0 Å². The molecule has 8 nitrogen and oxygen atoms in total. The number of esters is 1. The van der Waals surface area contributed by atoms with Crippen LogP contribution in [-0.2, 0) is 24.3 Å². The summed E-state index contributed by atoms with van der Waals surface area (Å²) in [7, 11) is -2.77. The molecule has 34 heavy (non-hydrogen) atoms. The molecule has 2 aromatic carbocycles. The Morgan fingerprint density at radius 1 is 1.00 bits per heavy atom. The third kappa shape index (κ3) is 4.67. The Balaban J connectivity index is 1.69. The van der Waals surface area contributed by atoms with Gasteiger partial charge in [-0.1, -0.05) is 35.2 Å². The molecule has 1 aliphatic carbocycles. The summed E-state index contributed by atoms with van der Waals surface area (Å²) in [6.07, 6.45) is 3.79. The molecule has 0 N–H and O–H groups in total. The van der Waals surface area contributed by atoms with Gasteiger partial charge in [0, 0.05) is 10.5 Å². The van der Waals surface area contributed by atoms with E-state index in [9.17, 15) is 22.8 Å². The zero-order valence-electron chi connectivity index (χ0n) is 18.6. The molecule has 1 heterocycles. The summed E-state index contributed by atoms with van der Waals surface area (Å²) in [6, 6.07) is 10.7. The lowest BCUT2D eigenvalue weighted by Gasteiger charge is -2.36. The molecule has 180 valence electrons. The molecular formula is C24H25BrN2O6S.